The first-order valence-corrected chi connectivity index (χ1v) is 9.84. The van der Waals surface area contributed by atoms with Crippen molar-refractivity contribution in [2.24, 2.45) is 5.92 Å². The molecule has 150 valence electrons. The van der Waals surface area contributed by atoms with Crippen molar-refractivity contribution in [1.29, 1.82) is 0 Å². The molecule has 1 aromatic rings. The van der Waals surface area contributed by atoms with Gasteiger partial charge in [0.25, 0.3) is 0 Å². The molecule has 1 aromatic carbocycles. The molecule has 0 aromatic heterocycles. The second-order valence-corrected chi connectivity index (χ2v) is 7.72. The van der Waals surface area contributed by atoms with Crippen LogP contribution in [0.4, 0.5) is 0 Å². The van der Waals surface area contributed by atoms with Gasteiger partial charge in [-0.25, -0.2) is 0 Å². The summed E-state index contributed by atoms with van der Waals surface area (Å²) in [5.74, 6) is 2.04. The molecule has 1 N–H and O–H groups in total. The number of nitrogens with one attached hydrogen (secondary N) is 1. The highest BCUT2D eigenvalue weighted by molar-refractivity contribution is 5.81. The van der Waals surface area contributed by atoms with Gasteiger partial charge in [-0.05, 0) is 38.2 Å². The minimum Gasteiger partial charge on any atom is -0.493 e. The quantitative estimate of drug-likeness (QED) is 0.718. The molecule has 0 radical (unpaired) electrons. The predicted octanol–water partition coefficient (Wildman–Crippen LogP) is 2.60. The lowest BCUT2D eigenvalue weighted by Crippen LogP contribution is -2.56. The van der Waals surface area contributed by atoms with E-state index in [4.69, 9.17) is 14.2 Å². The first-order chi connectivity index (χ1) is 13.1. The fourth-order valence-corrected chi connectivity index (χ4v) is 3.90. The Morgan fingerprint density at radius 3 is 2.52 bits per heavy atom. The molecule has 0 bridgehead atoms. The van der Waals surface area contributed by atoms with E-state index in [1.165, 1.54) is 0 Å². The van der Waals surface area contributed by atoms with Crippen LogP contribution in [-0.2, 0) is 16.1 Å². The van der Waals surface area contributed by atoms with Gasteiger partial charge in [-0.3, -0.25) is 9.69 Å². The van der Waals surface area contributed by atoms with Crippen LogP contribution in [0.5, 0.6) is 11.5 Å². The largest absolute Gasteiger partial charge is 0.493 e. The van der Waals surface area contributed by atoms with Crippen molar-refractivity contribution in [3.63, 3.8) is 0 Å². The minimum absolute atomic E-state index is 0.134. The van der Waals surface area contributed by atoms with E-state index in [9.17, 15) is 4.79 Å². The molecule has 1 aliphatic heterocycles. The number of methoxy groups -OCH3 is 3. The molecule has 6 nitrogen and oxygen atoms in total. The van der Waals surface area contributed by atoms with E-state index in [1.807, 2.05) is 12.1 Å². The summed E-state index contributed by atoms with van der Waals surface area (Å²) in [6, 6.07) is 6.00. The predicted molar refractivity (Wildman–Crippen MR) is 104 cm³/mol. The summed E-state index contributed by atoms with van der Waals surface area (Å²) in [7, 11) is 5.07. The van der Waals surface area contributed by atoms with Gasteiger partial charge in [0.15, 0.2) is 11.5 Å². The number of ether oxygens (including phenoxy) is 3. The number of piperidine rings is 1. The number of amides is 1. The van der Waals surface area contributed by atoms with Crippen LogP contribution in [0.2, 0.25) is 0 Å². The molecule has 1 heterocycles. The molecule has 1 aliphatic carbocycles. The second kappa shape index (κ2) is 8.93. The molecule has 6 heteroatoms. The number of hydrogen-bond donors (Lipinski definition) is 1. The number of nitrogens with zero attached hydrogens (tertiary/aromatic N) is 1. The van der Waals surface area contributed by atoms with E-state index in [-0.39, 0.29) is 17.4 Å². The number of likely N-dealkylation sites (tertiary alicyclic amines) is 1. The number of benzene rings is 1. The summed E-state index contributed by atoms with van der Waals surface area (Å²) in [6.07, 6.45) is 4.84. The Bertz CT molecular complexity index is 637. The van der Waals surface area contributed by atoms with Crippen LogP contribution < -0.4 is 14.8 Å². The average Bonchev–Trinajstić information content (AvgIpc) is 3.53. The maximum absolute atomic E-state index is 12.4. The molecule has 0 unspecified atom stereocenters. The van der Waals surface area contributed by atoms with Crippen LogP contribution in [0.15, 0.2) is 18.2 Å². The minimum atomic E-state index is -0.134. The fourth-order valence-electron chi connectivity index (χ4n) is 3.90. The Balaban J connectivity index is 1.63. The zero-order chi connectivity index (χ0) is 19.3. The molecule has 1 saturated carbocycles. The number of carbonyl (C=O) groups is 1. The molecule has 2 aliphatic rings. The molecular weight excluding hydrogens is 344 g/mol. The van der Waals surface area contributed by atoms with Crippen molar-refractivity contribution in [3.8, 4) is 11.5 Å². The normalized spacial score (nSPS) is 19.5. The Morgan fingerprint density at radius 2 is 1.93 bits per heavy atom. The monoisotopic (exact) mass is 376 g/mol. The van der Waals surface area contributed by atoms with Crippen LogP contribution in [0.3, 0.4) is 0 Å². The lowest BCUT2D eigenvalue weighted by atomic mass is 9.84. The van der Waals surface area contributed by atoms with E-state index in [2.05, 4.69) is 16.3 Å². The summed E-state index contributed by atoms with van der Waals surface area (Å²) in [5, 5.41) is 3.36. The number of rotatable bonds is 9. The van der Waals surface area contributed by atoms with Crippen molar-refractivity contribution in [3.05, 3.63) is 23.8 Å². The standard InChI is InChI=1S/C21H32N2O4/c1-25-14-11-21(22-20(24)16-7-8-16)9-12-23(13-10-21)15-17-5-4-6-18(26-2)19(17)27-3/h4-6,16H,7-15H2,1-3H3,(H,22,24). The smallest absolute Gasteiger partial charge is 0.223 e. The Morgan fingerprint density at radius 1 is 1.19 bits per heavy atom. The van der Waals surface area contributed by atoms with Crippen molar-refractivity contribution in [1.82, 2.24) is 10.2 Å². The van der Waals surface area contributed by atoms with E-state index < -0.39 is 0 Å². The third-order valence-corrected chi connectivity index (χ3v) is 5.81. The maximum atomic E-state index is 12.4. The van der Waals surface area contributed by atoms with E-state index in [1.54, 1.807) is 21.3 Å². The number of hydrogen-bond acceptors (Lipinski definition) is 5. The molecule has 2 fully saturated rings. The van der Waals surface area contributed by atoms with Crippen LogP contribution in [-0.4, -0.2) is 57.4 Å². The fraction of sp³-hybridized carbons (Fsp3) is 0.667. The second-order valence-electron chi connectivity index (χ2n) is 7.72. The van der Waals surface area contributed by atoms with E-state index >= 15 is 0 Å². The first kappa shape index (κ1) is 20.0. The lowest BCUT2D eigenvalue weighted by Gasteiger charge is -2.42. The van der Waals surface area contributed by atoms with Crippen molar-refractivity contribution >= 4 is 5.91 Å². The van der Waals surface area contributed by atoms with Gasteiger partial charge in [-0.15, -0.1) is 0 Å². The van der Waals surface area contributed by atoms with Crippen LogP contribution >= 0.6 is 0 Å². The third-order valence-electron chi connectivity index (χ3n) is 5.81. The van der Waals surface area contributed by atoms with Gasteiger partial charge >= 0.3 is 0 Å². The van der Waals surface area contributed by atoms with Crippen LogP contribution in [0.25, 0.3) is 0 Å². The van der Waals surface area contributed by atoms with Gasteiger partial charge in [0.05, 0.1) is 14.2 Å². The Kier molecular flexibility index (Phi) is 6.60. The Hall–Kier alpha value is -1.79. The summed E-state index contributed by atoms with van der Waals surface area (Å²) in [5.41, 5.74) is 0.994. The summed E-state index contributed by atoms with van der Waals surface area (Å²) in [6.45, 7) is 3.37. The topological polar surface area (TPSA) is 60.0 Å². The Labute approximate surface area is 162 Å². The molecule has 0 atom stereocenters. The highest BCUT2D eigenvalue weighted by Gasteiger charge is 2.39. The molecule has 1 amide bonds. The molecule has 0 spiro atoms. The van der Waals surface area contributed by atoms with Gasteiger partial charge in [-0.2, -0.15) is 0 Å². The molecule has 1 saturated heterocycles. The molecule has 27 heavy (non-hydrogen) atoms. The molecular formula is C21H32N2O4. The zero-order valence-corrected chi connectivity index (χ0v) is 16.8. The van der Waals surface area contributed by atoms with Crippen LogP contribution in [0, 0.1) is 5.92 Å². The van der Waals surface area contributed by atoms with E-state index in [0.717, 1.165) is 68.8 Å². The van der Waals surface area contributed by atoms with Gasteiger partial charge in [0.1, 0.15) is 0 Å². The lowest BCUT2D eigenvalue weighted by molar-refractivity contribution is -0.125. The average molecular weight is 376 g/mol. The summed E-state index contributed by atoms with van der Waals surface area (Å²) < 4.78 is 16.3. The number of carbonyl (C=O) groups excluding carboxylic acids is 1. The van der Waals surface area contributed by atoms with Crippen molar-refractivity contribution in [2.45, 2.75) is 44.2 Å². The number of para-hydroxylation sites is 1. The highest BCUT2D eigenvalue weighted by Crippen LogP contribution is 2.35. The zero-order valence-electron chi connectivity index (χ0n) is 16.8. The maximum Gasteiger partial charge on any atom is 0.223 e. The van der Waals surface area contributed by atoms with Gasteiger partial charge < -0.3 is 19.5 Å². The van der Waals surface area contributed by atoms with Gasteiger partial charge in [0, 0.05) is 50.4 Å². The third kappa shape index (κ3) is 4.93. The summed E-state index contributed by atoms with van der Waals surface area (Å²) in [4.78, 5) is 14.8. The van der Waals surface area contributed by atoms with Crippen molar-refractivity contribution < 1.29 is 19.0 Å². The highest BCUT2D eigenvalue weighted by atomic mass is 16.5. The first-order valence-electron chi connectivity index (χ1n) is 9.84. The van der Waals surface area contributed by atoms with Gasteiger partial charge in [0.2, 0.25) is 5.91 Å². The summed E-state index contributed by atoms with van der Waals surface area (Å²) >= 11 is 0. The van der Waals surface area contributed by atoms with Crippen LogP contribution in [0.1, 0.15) is 37.7 Å². The molecule has 3 rings (SSSR count). The van der Waals surface area contributed by atoms with E-state index in [0.29, 0.717) is 6.61 Å². The van der Waals surface area contributed by atoms with Crippen molar-refractivity contribution in [2.75, 3.05) is 41.0 Å². The van der Waals surface area contributed by atoms with Gasteiger partial charge in [-0.1, -0.05) is 12.1 Å². The SMILES string of the molecule is COCCC1(NC(=O)C2CC2)CCN(Cc2cccc(OC)c2OC)CC1.